The Bertz CT molecular complexity index is 724. The number of hydrogen-bond acceptors (Lipinski definition) is 1. The van der Waals surface area contributed by atoms with Gasteiger partial charge in [0.2, 0.25) is 0 Å². The molecule has 1 unspecified atom stereocenters. The molecule has 1 nitrogen and oxygen atoms in total. The van der Waals surface area contributed by atoms with Crippen LogP contribution < -0.4 is 0 Å². The van der Waals surface area contributed by atoms with Gasteiger partial charge in [0.15, 0.2) is 0 Å². The number of aromatic nitrogens is 1. The van der Waals surface area contributed by atoms with Gasteiger partial charge in [-0.3, -0.25) is 4.98 Å². The monoisotopic (exact) mass is 345 g/mol. The largest absolute Gasteiger partial charge is 0.253 e. The predicted octanol–water partition coefficient (Wildman–Crippen LogP) is 5.57. The number of pyridine rings is 1. The van der Waals surface area contributed by atoms with E-state index in [0.29, 0.717) is 0 Å². The number of para-hydroxylation sites is 1. The van der Waals surface area contributed by atoms with E-state index in [0.717, 1.165) is 22.7 Å². The van der Waals surface area contributed by atoms with Gasteiger partial charge in [0.1, 0.15) is 0 Å². The summed E-state index contributed by atoms with van der Waals surface area (Å²) in [6, 6.07) is 20.3. The highest BCUT2D eigenvalue weighted by Crippen LogP contribution is 2.28. The van der Waals surface area contributed by atoms with Crippen molar-refractivity contribution in [3.8, 4) is 0 Å². The summed E-state index contributed by atoms with van der Waals surface area (Å²) in [5, 5.41) is 1.94. The fraction of sp³-hybridized carbons (Fsp3) is 0.118. The lowest BCUT2D eigenvalue weighted by molar-refractivity contribution is 0.913. The molecule has 0 radical (unpaired) electrons. The molecule has 1 aromatic heterocycles. The fourth-order valence-electron chi connectivity index (χ4n) is 2.19. The quantitative estimate of drug-likeness (QED) is 0.565. The first-order chi connectivity index (χ1) is 9.72. The molecule has 0 spiro atoms. The van der Waals surface area contributed by atoms with Crippen molar-refractivity contribution in [2.75, 3.05) is 0 Å². The molecule has 0 fully saturated rings. The molecular weight excluding hydrogens is 334 g/mol. The summed E-state index contributed by atoms with van der Waals surface area (Å²) < 4.78 is 0. The Kier molecular flexibility index (Phi) is 4.04. The Labute approximate surface area is 131 Å². The second-order valence-electron chi connectivity index (χ2n) is 4.72. The van der Waals surface area contributed by atoms with Crippen LogP contribution in [0.2, 0.25) is 5.02 Å². The number of benzene rings is 2. The molecule has 3 rings (SSSR count). The summed E-state index contributed by atoms with van der Waals surface area (Å²) >= 11 is 9.64. The van der Waals surface area contributed by atoms with Crippen LogP contribution in [-0.2, 0) is 6.42 Å². The highest BCUT2D eigenvalue weighted by Gasteiger charge is 2.09. The zero-order chi connectivity index (χ0) is 13.9. The Morgan fingerprint density at radius 2 is 1.70 bits per heavy atom. The Balaban J connectivity index is 1.83. The van der Waals surface area contributed by atoms with Gasteiger partial charge in [-0.2, -0.15) is 0 Å². The summed E-state index contributed by atoms with van der Waals surface area (Å²) in [5.74, 6) is 0. The van der Waals surface area contributed by atoms with E-state index in [1.165, 1.54) is 10.9 Å². The maximum absolute atomic E-state index is 5.91. The molecule has 0 amide bonds. The van der Waals surface area contributed by atoms with Gasteiger partial charge in [0, 0.05) is 27.4 Å². The molecule has 100 valence electrons. The van der Waals surface area contributed by atoms with E-state index in [4.69, 9.17) is 16.6 Å². The number of fused-ring (bicyclic) bond motifs is 1. The van der Waals surface area contributed by atoms with Crippen molar-refractivity contribution in [3.05, 3.63) is 76.9 Å². The third kappa shape index (κ3) is 3.02. The Morgan fingerprint density at radius 3 is 2.50 bits per heavy atom. The second-order valence-corrected chi connectivity index (χ2v) is 6.26. The molecule has 0 aliphatic carbocycles. The third-order valence-corrected chi connectivity index (χ3v) is 4.38. The second kappa shape index (κ2) is 5.94. The molecule has 0 saturated carbocycles. The van der Waals surface area contributed by atoms with E-state index in [2.05, 4.69) is 34.1 Å². The number of alkyl halides is 1. The van der Waals surface area contributed by atoms with Crippen molar-refractivity contribution in [1.29, 1.82) is 0 Å². The Morgan fingerprint density at radius 1 is 0.950 bits per heavy atom. The summed E-state index contributed by atoms with van der Waals surface area (Å²) in [4.78, 5) is 4.95. The molecule has 0 saturated heterocycles. The molecule has 3 aromatic rings. The first kappa shape index (κ1) is 13.6. The molecule has 0 N–H and O–H groups in total. The van der Waals surface area contributed by atoms with Gasteiger partial charge < -0.3 is 0 Å². The Hall–Kier alpha value is -1.38. The van der Waals surface area contributed by atoms with Crippen LogP contribution >= 0.6 is 27.5 Å². The highest BCUT2D eigenvalue weighted by molar-refractivity contribution is 9.09. The average molecular weight is 347 g/mol. The lowest BCUT2D eigenvalue weighted by Gasteiger charge is -2.10. The van der Waals surface area contributed by atoms with E-state index >= 15 is 0 Å². The van der Waals surface area contributed by atoms with Crippen molar-refractivity contribution in [1.82, 2.24) is 4.98 Å². The smallest absolute Gasteiger partial charge is 0.0705 e. The molecular formula is C17H13BrClN. The van der Waals surface area contributed by atoms with Gasteiger partial charge in [-0.25, -0.2) is 0 Å². The van der Waals surface area contributed by atoms with E-state index < -0.39 is 0 Å². The van der Waals surface area contributed by atoms with Gasteiger partial charge in [-0.15, -0.1) is 0 Å². The van der Waals surface area contributed by atoms with Crippen LogP contribution in [0, 0.1) is 0 Å². The normalized spacial score (nSPS) is 12.5. The summed E-state index contributed by atoms with van der Waals surface area (Å²) in [7, 11) is 0. The van der Waals surface area contributed by atoms with Gasteiger partial charge in [-0.1, -0.05) is 63.9 Å². The van der Waals surface area contributed by atoms with E-state index in [-0.39, 0.29) is 4.83 Å². The first-order valence-corrected chi connectivity index (χ1v) is 7.76. The topological polar surface area (TPSA) is 12.9 Å². The van der Waals surface area contributed by atoms with Crippen LogP contribution in [0.15, 0.2) is 60.7 Å². The highest BCUT2D eigenvalue weighted by atomic mass is 79.9. The molecule has 1 heterocycles. The van der Waals surface area contributed by atoms with Crippen molar-refractivity contribution in [2.45, 2.75) is 11.2 Å². The zero-order valence-corrected chi connectivity index (χ0v) is 13.1. The van der Waals surface area contributed by atoms with Crippen LogP contribution in [0.25, 0.3) is 10.9 Å². The van der Waals surface area contributed by atoms with Gasteiger partial charge in [0.05, 0.1) is 5.52 Å². The van der Waals surface area contributed by atoms with Crippen LogP contribution in [0.4, 0.5) is 0 Å². The first-order valence-electron chi connectivity index (χ1n) is 6.46. The number of rotatable bonds is 3. The van der Waals surface area contributed by atoms with Crippen molar-refractivity contribution >= 4 is 38.4 Å². The molecule has 1 atom stereocenters. The van der Waals surface area contributed by atoms with Crippen LogP contribution in [0.1, 0.15) is 16.1 Å². The molecule has 3 heteroatoms. The molecule has 0 aliphatic heterocycles. The predicted molar refractivity (Wildman–Crippen MR) is 88.6 cm³/mol. The van der Waals surface area contributed by atoms with Crippen molar-refractivity contribution in [3.63, 3.8) is 0 Å². The summed E-state index contributed by atoms with van der Waals surface area (Å²) in [6.45, 7) is 0. The lowest BCUT2D eigenvalue weighted by Crippen LogP contribution is -1.98. The van der Waals surface area contributed by atoms with Crippen molar-refractivity contribution in [2.24, 2.45) is 0 Å². The van der Waals surface area contributed by atoms with Gasteiger partial charge in [-0.05, 0) is 29.8 Å². The maximum Gasteiger partial charge on any atom is 0.0705 e. The third-order valence-electron chi connectivity index (χ3n) is 3.28. The molecule has 0 aliphatic rings. The van der Waals surface area contributed by atoms with E-state index in [9.17, 15) is 0 Å². The molecule has 2 aromatic carbocycles. The standard InChI is InChI=1S/C17H13BrClN/c18-16(12-5-8-14(19)9-6-12)11-15-10-7-13-3-1-2-4-17(13)20-15/h1-10,16H,11H2. The van der Waals surface area contributed by atoms with E-state index in [1.807, 2.05) is 42.5 Å². The number of hydrogen-bond donors (Lipinski definition) is 0. The van der Waals surface area contributed by atoms with Crippen LogP contribution in [0.3, 0.4) is 0 Å². The SMILES string of the molecule is Clc1ccc(C(Br)Cc2ccc3ccccc3n2)cc1. The van der Waals surface area contributed by atoms with Crippen LogP contribution in [-0.4, -0.2) is 4.98 Å². The zero-order valence-electron chi connectivity index (χ0n) is 10.8. The molecule has 0 bridgehead atoms. The van der Waals surface area contributed by atoms with Gasteiger partial charge >= 0.3 is 0 Å². The fourth-order valence-corrected chi connectivity index (χ4v) is 2.96. The minimum Gasteiger partial charge on any atom is -0.253 e. The minimum absolute atomic E-state index is 0.244. The van der Waals surface area contributed by atoms with Gasteiger partial charge in [0.25, 0.3) is 0 Å². The summed E-state index contributed by atoms with van der Waals surface area (Å²) in [5.41, 5.74) is 3.34. The van der Waals surface area contributed by atoms with Crippen molar-refractivity contribution < 1.29 is 0 Å². The van der Waals surface area contributed by atoms with Crippen LogP contribution in [0.5, 0.6) is 0 Å². The van der Waals surface area contributed by atoms with E-state index in [1.54, 1.807) is 0 Å². The number of halogens is 2. The number of nitrogens with zero attached hydrogens (tertiary/aromatic N) is 1. The minimum atomic E-state index is 0.244. The maximum atomic E-state index is 5.91. The molecule has 20 heavy (non-hydrogen) atoms. The summed E-state index contributed by atoms with van der Waals surface area (Å²) in [6.07, 6.45) is 0.854. The average Bonchev–Trinajstić information content (AvgIpc) is 2.48. The lowest BCUT2D eigenvalue weighted by atomic mass is 10.1.